The molecule has 0 spiro atoms. The highest BCUT2D eigenvalue weighted by molar-refractivity contribution is 6.30. The van der Waals surface area contributed by atoms with Crippen molar-refractivity contribution in [1.29, 1.82) is 0 Å². The summed E-state index contributed by atoms with van der Waals surface area (Å²) >= 11 is 5.99. The second kappa shape index (κ2) is 11.2. The van der Waals surface area contributed by atoms with Crippen LogP contribution in [0.4, 0.5) is 16.2 Å². The number of carbonyl (C=O) groups is 3. The highest BCUT2D eigenvalue weighted by Gasteiger charge is 2.46. The van der Waals surface area contributed by atoms with Gasteiger partial charge >= 0.3 is 6.03 Å². The summed E-state index contributed by atoms with van der Waals surface area (Å²) in [7, 11) is 4.57. The molecule has 1 unspecified atom stereocenters. The first-order chi connectivity index (χ1) is 17.8. The van der Waals surface area contributed by atoms with Crippen molar-refractivity contribution in [2.24, 2.45) is 0 Å². The van der Waals surface area contributed by atoms with E-state index < -0.39 is 23.9 Å². The third-order valence-electron chi connectivity index (χ3n) is 5.93. The van der Waals surface area contributed by atoms with Gasteiger partial charge in [-0.1, -0.05) is 23.7 Å². The van der Waals surface area contributed by atoms with Gasteiger partial charge in [-0.25, -0.2) is 9.69 Å². The van der Waals surface area contributed by atoms with Crippen LogP contribution in [0.25, 0.3) is 0 Å². The molecule has 1 aliphatic heterocycles. The molecule has 0 aromatic heterocycles. The molecule has 1 N–H and O–H groups in total. The molecule has 0 aliphatic carbocycles. The molecule has 1 saturated heterocycles. The van der Waals surface area contributed by atoms with Crippen LogP contribution in [0.5, 0.6) is 17.2 Å². The minimum absolute atomic E-state index is 0.129. The highest BCUT2D eigenvalue weighted by Crippen LogP contribution is 2.31. The SMILES string of the molecule is COc1ccc(CN2C(=O)N(c3ccc(Cl)cc3)C(=O)C2CC(=O)Nc2cc(OC)cc(OC)c2)cc1. The zero-order chi connectivity index (χ0) is 26.5. The number of hydrogen-bond donors (Lipinski definition) is 1. The number of benzene rings is 3. The lowest BCUT2D eigenvalue weighted by atomic mass is 10.1. The molecule has 192 valence electrons. The number of anilines is 2. The van der Waals surface area contributed by atoms with Gasteiger partial charge in [0.05, 0.1) is 33.4 Å². The third-order valence-corrected chi connectivity index (χ3v) is 6.18. The van der Waals surface area contributed by atoms with Crippen LogP contribution in [0.1, 0.15) is 12.0 Å². The number of urea groups is 1. The largest absolute Gasteiger partial charge is 0.497 e. The molecule has 37 heavy (non-hydrogen) atoms. The maximum Gasteiger partial charge on any atom is 0.332 e. The average Bonchev–Trinajstić information content (AvgIpc) is 3.13. The summed E-state index contributed by atoms with van der Waals surface area (Å²) in [5, 5.41) is 3.25. The fraction of sp³-hybridized carbons (Fsp3) is 0.222. The zero-order valence-corrected chi connectivity index (χ0v) is 21.3. The predicted molar refractivity (Wildman–Crippen MR) is 139 cm³/mol. The summed E-state index contributed by atoms with van der Waals surface area (Å²) in [5.74, 6) is 0.715. The molecule has 1 aliphatic rings. The van der Waals surface area contributed by atoms with Crippen molar-refractivity contribution >= 4 is 40.8 Å². The monoisotopic (exact) mass is 523 g/mol. The number of carbonyl (C=O) groups excluding carboxylic acids is 3. The van der Waals surface area contributed by atoms with E-state index in [1.165, 1.54) is 19.1 Å². The molecule has 1 fully saturated rings. The quantitative estimate of drug-likeness (QED) is 0.407. The number of ether oxygens (including phenoxy) is 3. The van der Waals surface area contributed by atoms with Crippen molar-refractivity contribution in [3.8, 4) is 17.2 Å². The Morgan fingerprint density at radius 3 is 2.03 bits per heavy atom. The number of nitrogens with one attached hydrogen (secondary N) is 1. The first-order valence-electron chi connectivity index (χ1n) is 11.4. The van der Waals surface area contributed by atoms with Crippen molar-refractivity contribution in [1.82, 2.24) is 4.90 Å². The molecule has 3 aromatic carbocycles. The van der Waals surface area contributed by atoms with Crippen molar-refractivity contribution in [2.75, 3.05) is 31.5 Å². The minimum Gasteiger partial charge on any atom is -0.497 e. The zero-order valence-electron chi connectivity index (χ0n) is 20.6. The van der Waals surface area contributed by atoms with E-state index in [4.69, 9.17) is 25.8 Å². The van der Waals surface area contributed by atoms with Gasteiger partial charge in [0.1, 0.15) is 23.3 Å². The molecule has 1 heterocycles. The number of methoxy groups -OCH3 is 3. The molecular formula is C27H26ClN3O6. The lowest BCUT2D eigenvalue weighted by Gasteiger charge is -2.22. The molecule has 3 aromatic rings. The van der Waals surface area contributed by atoms with Gasteiger partial charge in [0.25, 0.3) is 5.91 Å². The molecule has 0 bridgehead atoms. The van der Waals surface area contributed by atoms with Gasteiger partial charge in [-0.15, -0.1) is 0 Å². The van der Waals surface area contributed by atoms with Crippen LogP contribution >= 0.6 is 11.6 Å². The summed E-state index contributed by atoms with van der Waals surface area (Å²) in [6.45, 7) is 0.129. The Kier molecular flexibility index (Phi) is 7.83. The Labute approximate surface area is 219 Å². The van der Waals surface area contributed by atoms with Crippen LogP contribution in [-0.4, -0.2) is 50.1 Å². The summed E-state index contributed by atoms with van der Waals surface area (Å²) in [5.41, 5.74) is 1.59. The van der Waals surface area contributed by atoms with Crippen LogP contribution in [0, 0.1) is 0 Å². The second-order valence-corrected chi connectivity index (χ2v) is 8.71. The van der Waals surface area contributed by atoms with Crippen LogP contribution in [-0.2, 0) is 16.1 Å². The van der Waals surface area contributed by atoms with E-state index in [0.29, 0.717) is 33.6 Å². The van der Waals surface area contributed by atoms with Gasteiger partial charge in [0.15, 0.2) is 0 Å². The topological polar surface area (TPSA) is 97.4 Å². The molecule has 1 atom stereocenters. The number of imide groups is 1. The summed E-state index contributed by atoms with van der Waals surface area (Å²) in [4.78, 5) is 42.5. The van der Waals surface area contributed by atoms with Gasteiger partial charge in [-0.3, -0.25) is 9.59 Å². The third kappa shape index (κ3) is 5.78. The van der Waals surface area contributed by atoms with Crippen LogP contribution < -0.4 is 24.4 Å². The van der Waals surface area contributed by atoms with Gasteiger partial charge in [0, 0.05) is 35.5 Å². The van der Waals surface area contributed by atoms with Crippen molar-refractivity contribution in [3.05, 3.63) is 77.3 Å². The number of halogens is 1. The molecule has 4 rings (SSSR count). The first kappa shape index (κ1) is 25.8. The average molecular weight is 524 g/mol. The second-order valence-electron chi connectivity index (χ2n) is 8.28. The number of hydrogen-bond acceptors (Lipinski definition) is 6. The Morgan fingerprint density at radius 2 is 1.46 bits per heavy atom. The minimum atomic E-state index is -1.02. The van der Waals surface area contributed by atoms with E-state index in [1.54, 1.807) is 73.8 Å². The smallest absolute Gasteiger partial charge is 0.332 e. The Hall–Kier alpha value is -4.24. The molecule has 10 heteroatoms. The maximum absolute atomic E-state index is 13.5. The number of rotatable bonds is 9. The lowest BCUT2D eigenvalue weighted by Crippen LogP contribution is -2.37. The Bertz CT molecular complexity index is 1270. The van der Waals surface area contributed by atoms with Crippen molar-refractivity contribution in [2.45, 2.75) is 19.0 Å². The first-order valence-corrected chi connectivity index (χ1v) is 11.8. The van der Waals surface area contributed by atoms with E-state index in [-0.39, 0.29) is 13.0 Å². The van der Waals surface area contributed by atoms with Gasteiger partial charge in [-0.05, 0) is 42.0 Å². The Balaban J connectivity index is 1.60. The Morgan fingerprint density at radius 1 is 0.865 bits per heavy atom. The van der Waals surface area contributed by atoms with Crippen LogP contribution in [0.15, 0.2) is 66.7 Å². The van der Waals surface area contributed by atoms with E-state index in [0.717, 1.165) is 10.5 Å². The lowest BCUT2D eigenvalue weighted by molar-refractivity contribution is -0.124. The molecule has 9 nitrogen and oxygen atoms in total. The predicted octanol–water partition coefficient (Wildman–Crippen LogP) is 4.73. The van der Waals surface area contributed by atoms with Crippen molar-refractivity contribution < 1.29 is 28.6 Å². The fourth-order valence-corrected chi connectivity index (χ4v) is 4.16. The highest BCUT2D eigenvalue weighted by atomic mass is 35.5. The number of amides is 4. The molecule has 4 amide bonds. The molecule has 0 saturated carbocycles. The van der Waals surface area contributed by atoms with E-state index >= 15 is 0 Å². The normalized spacial score (nSPS) is 15.1. The summed E-state index contributed by atoms with van der Waals surface area (Å²) in [6, 6.07) is 16.9. The molecule has 0 radical (unpaired) electrons. The maximum atomic E-state index is 13.5. The standard InChI is InChI=1S/C27H26ClN3O6/c1-35-21-10-4-17(5-11-21)16-30-24(26(33)31(27(30)34)20-8-6-18(28)7-9-20)15-25(32)29-19-12-22(36-2)14-23(13-19)37-3/h4-14,24H,15-16H2,1-3H3,(H,29,32). The van der Waals surface area contributed by atoms with E-state index in [9.17, 15) is 14.4 Å². The molecular weight excluding hydrogens is 498 g/mol. The number of nitrogens with zero attached hydrogens (tertiary/aromatic N) is 2. The van der Waals surface area contributed by atoms with Gasteiger partial charge in [-0.2, -0.15) is 0 Å². The van der Waals surface area contributed by atoms with Gasteiger partial charge in [0.2, 0.25) is 5.91 Å². The van der Waals surface area contributed by atoms with E-state index in [2.05, 4.69) is 5.32 Å². The van der Waals surface area contributed by atoms with E-state index in [1.807, 2.05) is 0 Å². The van der Waals surface area contributed by atoms with Crippen LogP contribution in [0.3, 0.4) is 0 Å². The summed E-state index contributed by atoms with van der Waals surface area (Å²) < 4.78 is 15.7. The van der Waals surface area contributed by atoms with Crippen LogP contribution in [0.2, 0.25) is 5.02 Å². The summed E-state index contributed by atoms with van der Waals surface area (Å²) in [6.07, 6.45) is -0.246. The van der Waals surface area contributed by atoms with Crippen molar-refractivity contribution in [3.63, 3.8) is 0 Å². The van der Waals surface area contributed by atoms with Gasteiger partial charge < -0.3 is 24.4 Å². The fourth-order valence-electron chi connectivity index (χ4n) is 4.04.